The molecule has 1 saturated carbocycles. The van der Waals surface area contributed by atoms with Crippen molar-refractivity contribution in [3.63, 3.8) is 0 Å². The van der Waals surface area contributed by atoms with Gasteiger partial charge in [-0.15, -0.1) is 10.2 Å². The van der Waals surface area contributed by atoms with E-state index in [-0.39, 0.29) is 29.0 Å². The van der Waals surface area contributed by atoms with Gasteiger partial charge in [0.25, 0.3) is 5.91 Å². The summed E-state index contributed by atoms with van der Waals surface area (Å²) >= 11 is 0. The van der Waals surface area contributed by atoms with Gasteiger partial charge in [0.15, 0.2) is 11.5 Å². The van der Waals surface area contributed by atoms with Gasteiger partial charge in [0.1, 0.15) is 0 Å². The zero-order valence-corrected chi connectivity index (χ0v) is 23.7. The maximum Gasteiger partial charge on any atom is 0.273 e. The van der Waals surface area contributed by atoms with Crippen LogP contribution >= 0.6 is 0 Å². The summed E-state index contributed by atoms with van der Waals surface area (Å²) in [6.07, 6.45) is 7.42. The number of likely N-dealkylation sites (tertiary alicyclic amines) is 1. The van der Waals surface area contributed by atoms with Crippen molar-refractivity contribution in [3.8, 4) is 0 Å². The van der Waals surface area contributed by atoms with Gasteiger partial charge in [-0.2, -0.15) is 4.98 Å². The molecule has 0 spiro atoms. The third-order valence-electron chi connectivity index (χ3n) is 9.06. The van der Waals surface area contributed by atoms with Gasteiger partial charge in [0, 0.05) is 44.8 Å². The summed E-state index contributed by atoms with van der Waals surface area (Å²) in [6, 6.07) is 9.30. The number of hydrogen-bond donors (Lipinski definition) is 2. The Kier molecular flexibility index (Phi) is 7.75. The molecule has 2 aliphatic heterocycles. The molecule has 1 aliphatic carbocycles. The monoisotopic (exact) mass is 534 g/mol. The lowest BCUT2D eigenvalue weighted by Crippen LogP contribution is -2.46. The van der Waals surface area contributed by atoms with Gasteiger partial charge in [0.2, 0.25) is 11.9 Å². The number of aromatic nitrogens is 3. The Bertz CT molecular complexity index is 1190. The minimum Gasteiger partial charge on any atom is -0.364 e. The molecule has 2 saturated heterocycles. The highest BCUT2D eigenvalue weighted by Gasteiger charge is 2.37. The number of piperidine rings is 2. The molecule has 2 atom stereocenters. The summed E-state index contributed by atoms with van der Waals surface area (Å²) in [5, 5.41) is 11.7. The minimum atomic E-state index is -0.684. The number of carbonyl (C=O) groups excluding carboxylic acids is 2. The Morgan fingerprint density at radius 2 is 1.77 bits per heavy atom. The molecule has 0 unspecified atom stereocenters. The lowest BCUT2D eigenvalue weighted by Gasteiger charge is -2.40. The number of amides is 2. The van der Waals surface area contributed by atoms with E-state index in [2.05, 4.69) is 51.3 Å². The number of rotatable bonds is 8. The second-order valence-electron chi connectivity index (χ2n) is 12.0. The van der Waals surface area contributed by atoms with E-state index in [1.807, 2.05) is 12.1 Å². The quantitative estimate of drug-likeness (QED) is 0.529. The number of nitrogens with one attached hydrogen (secondary N) is 1. The molecule has 0 radical (unpaired) electrons. The van der Waals surface area contributed by atoms with Gasteiger partial charge in [-0.05, 0) is 87.6 Å². The molecule has 10 heteroatoms. The molecule has 2 aromatic rings. The topological polar surface area (TPSA) is 121 Å². The van der Waals surface area contributed by atoms with Crippen LogP contribution in [0.5, 0.6) is 0 Å². The lowest BCUT2D eigenvalue weighted by molar-refractivity contribution is -0.130. The van der Waals surface area contributed by atoms with Crippen LogP contribution in [0.4, 0.5) is 17.5 Å². The molecule has 3 N–H and O–H groups in total. The van der Waals surface area contributed by atoms with E-state index in [0.717, 1.165) is 57.0 Å². The largest absolute Gasteiger partial charge is 0.364 e. The third-order valence-corrected chi connectivity index (χ3v) is 9.06. The molecule has 3 heterocycles. The number of carbonyl (C=O) groups is 2. The summed E-state index contributed by atoms with van der Waals surface area (Å²) in [5.41, 5.74) is 7.94. The fraction of sp³-hybridized carbons (Fsp3) is 0.621. The van der Waals surface area contributed by atoms with Crippen LogP contribution in [-0.4, -0.2) is 82.6 Å². The minimum absolute atomic E-state index is 0.00577. The fourth-order valence-electron chi connectivity index (χ4n) is 6.08. The zero-order chi connectivity index (χ0) is 27.7. The van der Waals surface area contributed by atoms with E-state index < -0.39 is 5.91 Å². The molecule has 1 aromatic heterocycles. The molecule has 5 rings (SSSR count). The number of benzene rings is 1. The molecule has 3 fully saturated rings. The van der Waals surface area contributed by atoms with Crippen LogP contribution in [0.25, 0.3) is 0 Å². The Hall–Kier alpha value is -3.27. The lowest BCUT2D eigenvalue weighted by atomic mass is 9.74. The number of primary amides is 1. The molecule has 10 nitrogen and oxygen atoms in total. The second-order valence-corrected chi connectivity index (χ2v) is 12.0. The standard InChI is InChI=1S/C29H42N8O2/c1-19-20(18-24(38)35(3)4)6-5-15-37(19)28-32-27(25(26(30)39)33-34-28)31-22-9-7-21(8-10-22)29(2)13-16-36(17-14-29)23-11-12-23/h7-10,19-20,23H,5-6,11-18H2,1-4H3,(H2,30,39)(H,31,32,34)/t19-,20+/m1/s1. The van der Waals surface area contributed by atoms with Crippen LogP contribution in [0, 0.1) is 5.92 Å². The number of hydrogen-bond acceptors (Lipinski definition) is 8. The maximum atomic E-state index is 12.4. The SMILES string of the molecule is C[C@@H]1[C@H](CC(=O)N(C)C)CCCN1c1nnc(C(N)=O)c(Nc2ccc(C3(C)CCN(C4CC4)CC3)cc2)n1. The maximum absolute atomic E-state index is 12.4. The molecule has 1 aromatic carbocycles. The highest BCUT2D eigenvalue weighted by molar-refractivity contribution is 5.96. The summed E-state index contributed by atoms with van der Waals surface area (Å²) in [7, 11) is 3.57. The van der Waals surface area contributed by atoms with Crippen molar-refractivity contribution in [1.29, 1.82) is 0 Å². The predicted molar refractivity (Wildman–Crippen MR) is 152 cm³/mol. The molecule has 39 heavy (non-hydrogen) atoms. The van der Waals surface area contributed by atoms with Gasteiger partial charge in [-0.3, -0.25) is 9.59 Å². The Balaban J connectivity index is 1.31. The third kappa shape index (κ3) is 6.00. The van der Waals surface area contributed by atoms with Crippen LogP contribution in [0.2, 0.25) is 0 Å². The van der Waals surface area contributed by atoms with E-state index in [0.29, 0.717) is 18.2 Å². The average Bonchev–Trinajstić information content (AvgIpc) is 3.76. The predicted octanol–water partition coefficient (Wildman–Crippen LogP) is 3.31. The van der Waals surface area contributed by atoms with Crippen LogP contribution in [0.1, 0.15) is 74.8 Å². The van der Waals surface area contributed by atoms with E-state index in [9.17, 15) is 9.59 Å². The van der Waals surface area contributed by atoms with Crippen molar-refractivity contribution in [2.75, 3.05) is 43.9 Å². The zero-order valence-electron chi connectivity index (χ0n) is 23.7. The van der Waals surface area contributed by atoms with Crippen molar-refractivity contribution in [3.05, 3.63) is 35.5 Å². The number of nitrogens with two attached hydrogens (primary N) is 1. The van der Waals surface area contributed by atoms with Crippen molar-refractivity contribution >= 4 is 29.3 Å². The first kappa shape index (κ1) is 27.3. The molecular weight excluding hydrogens is 492 g/mol. The van der Waals surface area contributed by atoms with Gasteiger partial charge in [0.05, 0.1) is 0 Å². The van der Waals surface area contributed by atoms with Gasteiger partial charge >= 0.3 is 0 Å². The van der Waals surface area contributed by atoms with Gasteiger partial charge < -0.3 is 25.8 Å². The van der Waals surface area contributed by atoms with Crippen molar-refractivity contribution in [1.82, 2.24) is 25.0 Å². The smallest absolute Gasteiger partial charge is 0.273 e. The second kappa shape index (κ2) is 11.1. The van der Waals surface area contributed by atoms with Crippen molar-refractivity contribution < 1.29 is 9.59 Å². The summed E-state index contributed by atoms with van der Waals surface area (Å²) < 4.78 is 0. The Morgan fingerprint density at radius 3 is 2.38 bits per heavy atom. The first-order chi connectivity index (χ1) is 18.6. The highest BCUT2D eigenvalue weighted by Crippen LogP contribution is 2.39. The Morgan fingerprint density at radius 1 is 1.08 bits per heavy atom. The summed E-state index contributed by atoms with van der Waals surface area (Å²) in [6.45, 7) is 7.55. The van der Waals surface area contributed by atoms with Crippen LogP contribution in [-0.2, 0) is 10.2 Å². The first-order valence-electron chi connectivity index (χ1n) is 14.3. The summed E-state index contributed by atoms with van der Waals surface area (Å²) in [4.78, 5) is 35.6. The van der Waals surface area contributed by atoms with Gasteiger partial charge in [-0.1, -0.05) is 19.1 Å². The highest BCUT2D eigenvalue weighted by atomic mass is 16.2. The number of anilines is 3. The molecule has 2 amide bonds. The molecule has 0 bridgehead atoms. The van der Waals surface area contributed by atoms with Crippen LogP contribution < -0.4 is 16.0 Å². The molecular formula is C29H42N8O2. The van der Waals surface area contributed by atoms with Crippen molar-refractivity contribution in [2.45, 2.75) is 76.3 Å². The first-order valence-corrected chi connectivity index (χ1v) is 14.3. The average molecular weight is 535 g/mol. The Labute approximate surface area is 231 Å². The van der Waals surface area contributed by atoms with E-state index >= 15 is 0 Å². The normalized spacial score (nSPS) is 23.3. The van der Waals surface area contributed by atoms with Gasteiger partial charge in [-0.25, -0.2) is 0 Å². The van der Waals surface area contributed by atoms with Crippen molar-refractivity contribution in [2.24, 2.45) is 11.7 Å². The molecule has 210 valence electrons. The van der Waals surface area contributed by atoms with Crippen LogP contribution in [0.15, 0.2) is 24.3 Å². The number of nitrogens with zero attached hydrogens (tertiary/aromatic N) is 6. The fourth-order valence-corrected chi connectivity index (χ4v) is 6.08. The van der Waals surface area contributed by atoms with E-state index in [1.54, 1.807) is 19.0 Å². The van der Waals surface area contributed by atoms with E-state index in [1.165, 1.54) is 18.4 Å². The van der Waals surface area contributed by atoms with Crippen LogP contribution in [0.3, 0.4) is 0 Å². The molecule has 3 aliphatic rings. The summed E-state index contributed by atoms with van der Waals surface area (Å²) in [5.74, 6) is 0.350. The van der Waals surface area contributed by atoms with E-state index in [4.69, 9.17) is 10.7 Å².